The summed E-state index contributed by atoms with van der Waals surface area (Å²) in [6.07, 6.45) is 1.32. The lowest BCUT2D eigenvalue weighted by molar-refractivity contribution is -0.143. The lowest BCUT2D eigenvalue weighted by Gasteiger charge is -2.28. The van der Waals surface area contributed by atoms with Crippen LogP contribution in [0.1, 0.15) is 18.6 Å². The summed E-state index contributed by atoms with van der Waals surface area (Å²) in [6, 6.07) is 7.95. The van der Waals surface area contributed by atoms with Crippen molar-refractivity contribution in [3.05, 3.63) is 41.9 Å². The summed E-state index contributed by atoms with van der Waals surface area (Å²) in [6.45, 7) is 2.09. The van der Waals surface area contributed by atoms with Crippen LogP contribution in [0.2, 0.25) is 0 Å². The highest BCUT2D eigenvalue weighted by molar-refractivity contribution is 5.70. The lowest BCUT2D eigenvalue weighted by Crippen LogP contribution is -2.35. The minimum atomic E-state index is -0.710. The van der Waals surface area contributed by atoms with Crippen LogP contribution in [0.15, 0.2) is 34.9 Å². The fraction of sp³-hybridized carbons (Fsp3) is 0.375. The second kappa shape index (κ2) is 6.27. The summed E-state index contributed by atoms with van der Waals surface area (Å²) in [5.74, 6) is -0.500. The molecule has 0 bridgehead atoms. The molecule has 5 nitrogen and oxygen atoms in total. The number of benzene rings is 1. The van der Waals surface area contributed by atoms with E-state index in [0.717, 1.165) is 24.4 Å². The Morgan fingerprint density at radius 2 is 2.00 bits per heavy atom. The molecule has 22 heavy (non-hydrogen) atoms. The maximum atomic E-state index is 12.9. The number of carboxylic acids is 1. The van der Waals surface area contributed by atoms with E-state index < -0.39 is 5.97 Å². The van der Waals surface area contributed by atoms with E-state index in [1.54, 1.807) is 12.1 Å². The quantitative estimate of drug-likeness (QED) is 0.941. The summed E-state index contributed by atoms with van der Waals surface area (Å²) < 4.78 is 18.2. The monoisotopic (exact) mass is 304 g/mol. The first-order valence-corrected chi connectivity index (χ1v) is 7.28. The topological polar surface area (TPSA) is 66.6 Å². The number of carboxylic acid groups (broad SMARTS) is 1. The van der Waals surface area contributed by atoms with Gasteiger partial charge in [0, 0.05) is 11.6 Å². The first-order chi connectivity index (χ1) is 10.6. The highest BCUT2D eigenvalue weighted by atomic mass is 19.1. The Bertz CT molecular complexity index is 646. The van der Waals surface area contributed by atoms with Crippen LogP contribution in [-0.4, -0.2) is 34.2 Å². The van der Waals surface area contributed by atoms with Gasteiger partial charge in [0.05, 0.1) is 12.5 Å². The number of aliphatic carboxylic acids is 1. The highest BCUT2D eigenvalue weighted by Gasteiger charge is 2.25. The fourth-order valence-corrected chi connectivity index (χ4v) is 2.70. The molecule has 1 fully saturated rings. The van der Waals surface area contributed by atoms with Crippen molar-refractivity contribution in [1.82, 2.24) is 10.1 Å². The Balaban J connectivity index is 1.60. The van der Waals surface area contributed by atoms with Crippen molar-refractivity contribution in [2.75, 3.05) is 13.1 Å². The molecule has 1 aliphatic heterocycles. The Morgan fingerprint density at radius 3 is 2.64 bits per heavy atom. The number of likely N-dealkylation sites (tertiary alicyclic amines) is 1. The molecule has 1 aromatic carbocycles. The molecule has 0 unspecified atom stereocenters. The largest absolute Gasteiger partial charge is 0.481 e. The van der Waals surface area contributed by atoms with Gasteiger partial charge < -0.3 is 9.63 Å². The molecule has 1 aliphatic rings. The SMILES string of the molecule is O=C(O)C1CCN(Cc2cc(-c3ccc(F)cc3)no2)CC1. The van der Waals surface area contributed by atoms with Gasteiger partial charge in [0.1, 0.15) is 11.5 Å². The van der Waals surface area contributed by atoms with Crippen molar-refractivity contribution in [2.24, 2.45) is 5.92 Å². The van der Waals surface area contributed by atoms with Crippen LogP contribution in [0.4, 0.5) is 4.39 Å². The van der Waals surface area contributed by atoms with Crippen molar-refractivity contribution in [2.45, 2.75) is 19.4 Å². The second-order valence-corrected chi connectivity index (χ2v) is 5.57. The predicted octanol–water partition coefficient (Wildman–Crippen LogP) is 2.78. The molecule has 0 atom stereocenters. The molecule has 0 radical (unpaired) electrons. The normalized spacial score (nSPS) is 16.8. The van der Waals surface area contributed by atoms with Crippen LogP contribution in [0, 0.1) is 11.7 Å². The molecule has 1 aromatic heterocycles. The second-order valence-electron chi connectivity index (χ2n) is 5.57. The van der Waals surface area contributed by atoms with Crippen LogP contribution >= 0.6 is 0 Å². The zero-order valence-corrected chi connectivity index (χ0v) is 12.0. The third kappa shape index (κ3) is 3.33. The summed E-state index contributed by atoms with van der Waals surface area (Å²) in [5.41, 5.74) is 1.48. The number of piperidine rings is 1. The number of aromatic nitrogens is 1. The molecule has 3 rings (SSSR count). The molecule has 2 aromatic rings. The minimum Gasteiger partial charge on any atom is -0.481 e. The van der Waals surface area contributed by atoms with E-state index in [1.807, 2.05) is 6.07 Å². The van der Waals surface area contributed by atoms with Gasteiger partial charge in [-0.15, -0.1) is 0 Å². The van der Waals surface area contributed by atoms with E-state index in [-0.39, 0.29) is 11.7 Å². The maximum absolute atomic E-state index is 12.9. The molecule has 0 saturated carbocycles. The predicted molar refractivity (Wildman–Crippen MR) is 77.5 cm³/mol. The fourth-order valence-electron chi connectivity index (χ4n) is 2.70. The van der Waals surface area contributed by atoms with E-state index in [0.29, 0.717) is 25.1 Å². The summed E-state index contributed by atoms with van der Waals surface area (Å²) >= 11 is 0. The smallest absolute Gasteiger partial charge is 0.306 e. The Kier molecular flexibility index (Phi) is 4.20. The molecule has 1 N–H and O–H groups in total. The van der Waals surface area contributed by atoms with Crippen LogP contribution in [-0.2, 0) is 11.3 Å². The molecule has 0 aliphatic carbocycles. The first kappa shape index (κ1) is 14.7. The number of hydrogen-bond donors (Lipinski definition) is 1. The van der Waals surface area contributed by atoms with Crippen LogP contribution in [0.25, 0.3) is 11.3 Å². The number of halogens is 1. The Morgan fingerprint density at radius 1 is 1.32 bits per heavy atom. The van der Waals surface area contributed by atoms with E-state index in [4.69, 9.17) is 9.63 Å². The molecular formula is C16H17FN2O3. The zero-order chi connectivity index (χ0) is 15.5. The number of hydrogen-bond acceptors (Lipinski definition) is 4. The van der Waals surface area contributed by atoms with Crippen molar-refractivity contribution in [3.63, 3.8) is 0 Å². The molecular weight excluding hydrogens is 287 g/mol. The van der Waals surface area contributed by atoms with E-state index >= 15 is 0 Å². The van der Waals surface area contributed by atoms with Crippen molar-refractivity contribution >= 4 is 5.97 Å². The Hall–Kier alpha value is -2.21. The molecule has 1 saturated heterocycles. The van der Waals surface area contributed by atoms with E-state index in [1.165, 1.54) is 12.1 Å². The lowest BCUT2D eigenvalue weighted by atomic mass is 9.97. The van der Waals surface area contributed by atoms with Crippen LogP contribution < -0.4 is 0 Å². The van der Waals surface area contributed by atoms with E-state index in [9.17, 15) is 9.18 Å². The van der Waals surface area contributed by atoms with Gasteiger partial charge in [-0.25, -0.2) is 4.39 Å². The zero-order valence-electron chi connectivity index (χ0n) is 12.0. The summed E-state index contributed by atoms with van der Waals surface area (Å²) in [5, 5.41) is 13.0. The summed E-state index contributed by atoms with van der Waals surface area (Å²) in [7, 11) is 0. The molecule has 2 heterocycles. The standard InChI is InChI=1S/C16H17FN2O3/c17-13-3-1-11(2-4-13)15-9-14(22-18-15)10-19-7-5-12(6-8-19)16(20)21/h1-4,9,12H,5-8,10H2,(H,20,21). The van der Waals surface area contributed by atoms with Gasteiger partial charge in [0.2, 0.25) is 0 Å². The average molecular weight is 304 g/mol. The third-order valence-electron chi connectivity index (χ3n) is 4.02. The number of rotatable bonds is 4. The van der Waals surface area contributed by atoms with Gasteiger partial charge in [-0.3, -0.25) is 9.69 Å². The molecule has 116 valence electrons. The van der Waals surface area contributed by atoms with Gasteiger partial charge in [-0.1, -0.05) is 5.16 Å². The van der Waals surface area contributed by atoms with E-state index in [2.05, 4.69) is 10.1 Å². The van der Waals surface area contributed by atoms with Gasteiger partial charge in [-0.05, 0) is 50.2 Å². The van der Waals surface area contributed by atoms with Crippen molar-refractivity contribution in [3.8, 4) is 11.3 Å². The van der Waals surface area contributed by atoms with Gasteiger partial charge in [0.15, 0.2) is 5.76 Å². The molecule has 0 spiro atoms. The maximum Gasteiger partial charge on any atom is 0.306 e. The average Bonchev–Trinajstić information content (AvgIpc) is 2.97. The first-order valence-electron chi connectivity index (χ1n) is 7.28. The highest BCUT2D eigenvalue weighted by Crippen LogP contribution is 2.22. The Labute approximate surface area is 127 Å². The van der Waals surface area contributed by atoms with Crippen LogP contribution in [0.3, 0.4) is 0 Å². The number of carbonyl (C=O) groups is 1. The van der Waals surface area contributed by atoms with Gasteiger partial charge in [-0.2, -0.15) is 0 Å². The number of nitrogens with zero attached hydrogens (tertiary/aromatic N) is 2. The van der Waals surface area contributed by atoms with Crippen molar-refractivity contribution < 1.29 is 18.8 Å². The molecule has 6 heteroatoms. The van der Waals surface area contributed by atoms with Crippen molar-refractivity contribution in [1.29, 1.82) is 0 Å². The van der Waals surface area contributed by atoms with Crippen LogP contribution in [0.5, 0.6) is 0 Å². The molecule has 0 amide bonds. The third-order valence-corrected chi connectivity index (χ3v) is 4.02. The summed E-state index contributed by atoms with van der Waals surface area (Å²) in [4.78, 5) is 13.1. The minimum absolute atomic E-state index is 0.235. The van der Waals surface area contributed by atoms with Gasteiger partial charge in [0.25, 0.3) is 0 Å². The van der Waals surface area contributed by atoms with Gasteiger partial charge >= 0.3 is 5.97 Å².